The number of benzene rings is 1. The molecule has 6 heteroatoms. The monoisotopic (exact) mass is 352 g/mol. The molecule has 3 N–H and O–H groups in total. The maximum atomic E-state index is 5.94. The molecule has 0 unspecified atom stereocenters. The number of aryl methyl sites for hydroxylation is 1. The average molecular weight is 352 g/mol. The number of hydrogen-bond donors (Lipinski definition) is 2. The van der Waals surface area contributed by atoms with Crippen molar-refractivity contribution in [1.82, 2.24) is 19.9 Å². The van der Waals surface area contributed by atoms with E-state index >= 15 is 0 Å². The van der Waals surface area contributed by atoms with Crippen LogP contribution in [0, 0.1) is 18.8 Å². The fraction of sp³-hybridized carbons (Fsp3) is 0.550. The zero-order valence-electron chi connectivity index (χ0n) is 15.5. The van der Waals surface area contributed by atoms with Crippen LogP contribution in [0.2, 0.25) is 0 Å². The summed E-state index contributed by atoms with van der Waals surface area (Å²) >= 11 is 0. The van der Waals surface area contributed by atoms with Crippen molar-refractivity contribution in [2.45, 2.75) is 45.6 Å². The normalized spacial score (nSPS) is 23.4. The van der Waals surface area contributed by atoms with Crippen molar-refractivity contribution < 1.29 is 0 Å². The molecule has 2 aromatic rings. The molecule has 138 valence electrons. The molecule has 1 aromatic heterocycles. The number of nitrogens with two attached hydrogens (primary N) is 1. The lowest BCUT2D eigenvalue weighted by molar-refractivity contribution is 0.0803. The first-order chi connectivity index (χ1) is 12.7. The Kier molecular flexibility index (Phi) is 5.02. The van der Waals surface area contributed by atoms with Gasteiger partial charge in [0.2, 0.25) is 11.9 Å². The van der Waals surface area contributed by atoms with Crippen LogP contribution in [0.25, 0.3) is 0 Å². The summed E-state index contributed by atoms with van der Waals surface area (Å²) in [6, 6.07) is 8.09. The number of hydrogen-bond acceptors (Lipinski definition) is 6. The molecule has 2 aliphatic rings. The number of nitrogens with zero attached hydrogens (tertiary/aromatic N) is 4. The van der Waals surface area contributed by atoms with E-state index in [-0.39, 0.29) is 5.95 Å². The van der Waals surface area contributed by atoms with E-state index in [2.05, 4.69) is 38.2 Å². The number of aromatic nitrogens is 3. The Labute approximate surface area is 155 Å². The topological polar surface area (TPSA) is 80.0 Å². The van der Waals surface area contributed by atoms with Crippen LogP contribution in [-0.4, -0.2) is 32.9 Å². The third kappa shape index (κ3) is 3.96. The summed E-state index contributed by atoms with van der Waals surface area (Å²) in [6.45, 7) is 5.10. The van der Waals surface area contributed by atoms with Crippen molar-refractivity contribution in [2.75, 3.05) is 24.1 Å². The molecule has 2 heterocycles. The van der Waals surface area contributed by atoms with Gasteiger partial charge in [0, 0.05) is 12.2 Å². The predicted octanol–water partition coefficient (Wildman–Crippen LogP) is 3.52. The van der Waals surface area contributed by atoms with Crippen molar-refractivity contribution in [3.05, 3.63) is 35.7 Å². The van der Waals surface area contributed by atoms with Gasteiger partial charge in [-0.1, -0.05) is 37.5 Å². The van der Waals surface area contributed by atoms with Crippen LogP contribution in [0.1, 0.15) is 43.5 Å². The van der Waals surface area contributed by atoms with Crippen molar-refractivity contribution in [2.24, 2.45) is 11.8 Å². The molecule has 26 heavy (non-hydrogen) atoms. The highest BCUT2D eigenvalue weighted by molar-refractivity contribution is 5.58. The first kappa shape index (κ1) is 17.2. The third-order valence-corrected chi connectivity index (χ3v) is 5.83. The average Bonchev–Trinajstić information content (AvgIpc) is 2.63. The molecule has 1 aliphatic heterocycles. The fourth-order valence-corrected chi connectivity index (χ4v) is 4.42. The summed E-state index contributed by atoms with van der Waals surface area (Å²) in [5, 5.41) is 3.28. The minimum absolute atomic E-state index is 0.277. The number of anilines is 3. The predicted molar refractivity (Wildman–Crippen MR) is 104 cm³/mol. The first-order valence-corrected chi connectivity index (χ1v) is 9.73. The maximum Gasteiger partial charge on any atom is 0.232 e. The van der Waals surface area contributed by atoms with Gasteiger partial charge in [-0.2, -0.15) is 15.0 Å². The van der Waals surface area contributed by atoms with E-state index in [1.54, 1.807) is 0 Å². The summed E-state index contributed by atoms with van der Waals surface area (Å²) in [6.07, 6.45) is 6.90. The Morgan fingerprint density at radius 3 is 2.73 bits per heavy atom. The number of nitrogens with one attached hydrogen (secondary N) is 1. The maximum absolute atomic E-state index is 5.94. The largest absolute Gasteiger partial charge is 0.368 e. The van der Waals surface area contributed by atoms with Gasteiger partial charge in [-0.15, -0.1) is 0 Å². The minimum atomic E-state index is 0.277. The highest BCUT2D eigenvalue weighted by Gasteiger charge is 2.31. The van der Waals surface area contributed by atoms with Gasteiger partial charge in [0.1, 0.15) is 5.82 Å². The lowest BCUT2D eigenvalue weighted by atomic mass is 9.75. The SMILES string of the molecule is Cc1ccccc1Nc1nc(N)nc(CN2CC[C@H]3CCCC[C@@H]3C2)n1. The molecule has 1 saturated carbocycles. The third-order valence-electron chi connectivity index (χ3n) is 5.83. The van der Waals surface area contributed by atoms with E-state index in [0.717, 1.165) is 48.5 Å². The molecule has 1 saturated heterocycles. The van der Waals surface area contributed by atoms with Crippen molar-refractivity contribution in [3.8, 4) is 0 Å². The molecule has 1 aromatic carbocycles. The van der Waals surface area contributed by atoms with Crippen LogP contribution in [0.4, 0.5) is 17.6 Å². The van der Waals surface area contributed by atoms with E-state index in [4.69, 9.17) is 5.73 Å². The quantitative estimate of drug-likeness (QED) is 0.876. The van der Waals surface area contributed by atoms with Crippen LogP contribution in [0.5, 0.6) is 0 Å². The standard InChI is InChI=1S/C20H28N6/c1-14-6-2-5-9-17(14)22-20-24-18(23-19(21)25-20)13-26-11-10-15-7-3-4-8-16(15)12-26/h2,5-6,9,15-16H,3-4,7-8,10-13H2,1H3,(H3,21,22,23,24,25)/t15-,16-/m1/s1. The van der Waals surface area contributed by atoms with Gasteiger partial charge >= 0.3 is 0 Å². The van der Waals surface area contributed by atoms with E-state index < -0.39 is 0 Å². The number of likely N-dealkylation sites (tertiary alicyclic amines) is 1. The Morgan fingerprint density at radius 2 is 1.88 bits per heavy atom. The van der Waals surface area contributed by atoms with Gasteiger partial charge in [0.25, 0.3) is 0 Å². The second-order valence-corrected chi connectivity index (χ2v) is 7.70. The summed E-state index contributed by atoms with van der Waals surface area (Å²) < 4.78 is 0. The van der Waals surface area contributed by atoms with Crippen LogP contribution in [0.3, 0.4) is 0 Å². The van der Waals surface area contributed by atoms with E-state index in [1.807, 2.05) is 18.2 Å². The molecule has 1 aliphatic carbocycles. The van der Waals surface area contributed by atoms with Gasteiger partial charge in [0.05, 0.1) is 6.54 Å². The highest BCUT2D eigenvalue weighted by Crippen LogP contribution is 2.36. The van der Waals surface area contributed by atoms with Crippen LogP contribution < -0.4 is 11.1 Å². The molecule has 0 bridgehead atoms. The van der Waals surface area contributed by atoms with E-state index in [0.29, 0.717) is 5.95 Å². The van der Waals surface area contributed by atoms with Crippen LogP contribution in [-0.2, 0) is 6.54 Å². The Bertz CT molecular complexity index is 762. The van der Waals surface area contributed by atoms with Crippen molar-refractivity contribution >= 4 is 17.6 Å². The smallest absolute Gasteiger partial charge is 0.232 e. The molecular formula is C20H28N6. The van der Waals surface area contributed by atoms with Crippen LogP contribution >= 0.6 is 0 Å². The molecule has 0 spiro atoms. The van der Waals surface area contributed by atoms with Crippen LogP contribution in [0.15, 0.2) is 24.3 Å². The lowest BCUT2D eigenvalue weighted by Gasteiger charge is -2.41. The molecule has 6 nitrogen and oxygen atoms in total. The van der Waals surface area contributed by atoms with Gasteiger partial charge in [-0.05, 0) is 49.8 Å². The minimum Gasteiger partial charge on any atom is -0.368 e. The van der Waals surface area contributed by atoms with Gasteiger partial charge in [0.15, 0.2) is 0 Å². The Hall–Kier alpha value is -2.21. The van der Waals surface area contributed by atoms with Crippen molar-refractivity contribution in [1.29, 1.82) is 0 Å². The number of nitrogen functional groups attached to an aromatic ring is 1. The number of rotatable bonds is 4. The Balaban J connectivity index is 1.45. The zero-order valence-corrected chi connectivity index (χ0v) is 15.5. The summed E-state index contributed by atoms with van der Waals surface area (Å²) in [5.41, 5.74) is 8.08. The molecule has 0 amide bonds. The Morgan fingerprint density at radius 1 is 1.08 bits per heavy atom. The highest BCUT2D eigenvalue weighted by atomic mass is 15.2. The molecule has 4 rings (SSSR count). The lowest BCUT2D eigenvalue weighted by Crippen LogP contribution is -2.41. The number of para-hydroxylation sites is 1. The molecule has 0 radical (unpaired) electrons. The second-order valence-electron chi connectivity index (χ2n) is 7.70. The van der Waals surface area contributed by atoms with E-state index in [9.17, 15) is 0 Å². The summed E-state index contributed by atoms with van der Waals surface area (Å²) in [4.78, 5) is 15.7. The van der Waals surface area contributed by atoms with Gasteiger partial charge in [-0.3, -0.25) is 4.90 Å². The molecule has 2 atom stereocenters. The first-order valence-electron chi connectivity index (χ1n) is 9.73. The van der Waals surface area contributed by atoms with Gasteiger partial charge < -0.3 is 11.1 Å². The molecule has 2 fully saturated rings. The number of piperidine rings is 1. The fourth-order valence-electron chi connectivity index (χ4n) is 4.42. The van der Waals surface area contributed by atoms with Gasteiger partial charge in [-0.25, -0.2) is 0 Å². The number of fused-ring (bicyclic) bond motifs is 1. The van der Waals surface area contributed by atoms with Crippen molar-refractivity contribution in [3.63, 3.8) is 0 Å². The zero-order chi connectivity index (χ0) is 17.9. The second kappa shape index (κ2) is 7.58. The van der Waals surface area contributed by atoms with E-state index in [1.165, 1.54) is 32.1 Å². The molecular weight excluding hydrogens is 324 g/mol. The summed E-state index contributed by atoms with van der Waals surface area (Å²) in [7, 11) is 0. The summed E-state index contributed by atoms with van der Waals surface area (Å²) in [5.74, 6) is 3.33.